The van der Waals surface area contributed by atoms with E-state index in [1.165, 1.54) is 6.08 Å². The maximum atomic E-state index is 11.7. The van der Waals surface area contributed by atoms with Crippen molar-refractivity contribution in [3.05, 3.63) is 23.8 Å². The summed E-state index contributed by atoms with van der Waals surface area (Å²) in [5.74, 6) is -0.715. The number of carbonyl (C=O) groups is 1. The van der Waals surface area contributed by atoms with Crippen LogP contribution in [0.25, 0.3) is 0 Å². The zero-order valence-corrected chi connectivity index (χ0v) is 11.5. The van der Waals surface area contributed by atoms with Crippen LogP contribution in [-0.2, 0) is 9.53 Å². The Balaban J connectivity index is 2.06. The molecule has 5 nitrogen and oxygen atoms in total. The van der Waals surface area contributed by atoms with E-state index >= 15 is 0 Å². The predicted octanol–water partition coefficient (Wildman–Crippen LogP) is 0.155. The molecule has 1 saturated carbocycles. The molecule has 0 bridgehead atoms. The summed E-state index contributed by atoms with van der Waals surface area (Å²) in [6.07, 6.45) is 0.546. The second-order valence-electron chi connectivity index (χ2n) is 6.36. The van der Waals surface area contributed by atoms with E-state index in [9.17, 15) is 20.1 Å². The Bertz CT molecular complexity index is 496. The van der Waals surface area contributed by atoms with Crippen LogP contribution in [0.1, 0.15) is 19.8 Å². The van der Waals surface area contributed by atoms with Gasteiger partial charge in [-0.05, 0) is 18.4 Å². The molecule has 3 aliphatic rings. The Labute approximate surface area is 117 Å². The fourth-order valence-corrected chi connectivity index (χ4v) is 4.19. The molecule has 0 aromatic heterocycles. The summed E-state index contributed by atoms with van der Waals surface area (Å²) in [4.78, 5) is 11.7. The van der Waals surface area contributed by atoms with E-state index in [4.69, 9.17) is 4.74 Å². The minimum atomic E-state index is -0.991. The maximum absolute atomic E-state index is 11.7. The third-order valence-electron chi connectivity index (χ3n) is 5.35. The van der Waals surface area contributed by atoms with Crippen molar-refractivity contribution in [2.24, 2.45) is 17.3 Å². The van der Waals surface area contributed by atoms with Crippen molar-refractivity contribution in [1.29, 1.82) is 0 Å². The van der Waals surface area contributed by atoms with Gasteiger partial charge >= 0.3 is 5.97 Å². The number of hydrogen-bond donors (Lipinski definition) is 3. The SMILES string of the molecule is C=C1C(=O)O[C@@H]2[C@H]3C(CO)=C[C@@H](O)[C@H](O)[C@]3(C)CC[C@@H]12. The lowest BCUT2D eigenvalue weighted by atomic mass is 9.54. The molecule has 110 valence electrons. The molecule has 1 aliphatic heterocycles. The maximum Gasteiger partial charge on any atom is 0.334 e. The summed E-state index contributed by atoms with van der Waals surface area (Å²) in [7, 11) is 0. The molecule has 1 heterocycles. The quantitative estimate of drug-likeness (QED) is 0.362. The average molecular weight is 280 g/mol. The molecule has 6 atom stereocenters. The summed E-state index contributed by atoms with van der Waals surface area (Å²) in [5.41, 5.74) is 0.524. The normalized spacial score (nSPS) is 47.4. The molecule has 1 saturated heterocycles. The number of aliphatic hydroxyl groups excluding tert-OH is 3. The minimum Gasteiger partial charge on any atom is -0.458 e. The number of hydrogen-bond acceptors (Lipinski definition) is 5. The molecule has 0 aromatic carbocycles. The first-order valence-electron chi connectivity index (χ1n) is 6.97. The molecular weight excluding hydrogens is 260 g/mol. The largest absolute Gasteiger partial charge is 0.458 e. The lowest BCUT2D eigenvalue weighted by Crippen LogP contribution is -2.57. The Morgan fingerprint density at radius 2 is 2.20 bits per heavy atom. The minimum absolute atomic E-state index is 0.0574. The predicted molar refractivity (Wildman–Crippen MR) is 70.5 cm³/mol. The van der Waals surface area contributed by atoms with Crippen LogP contribution >= 0.6 is 0 Å². The van der Waals surface area contributed by atoms with Gasteiger partial charge in [0.1, 0.15) is 6.10 Å². The smallest absolute Gasteiger partial charge is 0.334 e. The molecule has 3 N–H and O–H groups in total. The lowest BCUT2D eigenvalue weighted by Gasteiger charge is -2.52. The van der Waals surface area contributed by atoms with E-state index in [0.717, 1.165) is 0 Å². The first kappa shape index (κ1) is 13.8. The Morgan fingerprint density at radius 3 is 2.85 bits per heavy atom. The van der Waals surface area contributed by atoms with Crippen LogP contribution in [0.4, 0.5) is 0 Å². The highest BCUT2D eigenvalue weighted by atomic mass is 16.6. The van der Waals surface area contributed by atoms with E-state index in [-0.39, 0.29) is 24.4 Å². The van der Waals surface area contributed by atoms with Gasteiger partial charge in [0.05, 0.1) is 18.8 Å². The summed E-state index contributed by atoms with van der Waals surface area (Å²) < 4.78 is 5.44. The number of carbonyl (C=O) groups excluding carboxylic acids is 1. The topological polar surface area (TPSA) is 87.0 Å². The van der Waals surface area contributed by atoms with E-state index in [1.54, 1.807) is 0 Å². The molecule has 2 aliphatic carbocycles. The lowest BCUT2D eigenvalue weighted by molar-refractivity contribution is -0.155. The molecular formula is C15H20O5. The first-order valence-corrected chi connectivity index (χ1v) is 6.97. The fourth-order valence-electron chi connectivity index (χ4n) is 4.19. The van der Waals surface area contributed by atoms with Crippen molar-refractivity contribution in [2.75, 3.05) is 6.61 Å². The fraction of sp³-hybridized carbons (Fsp3) is 0.667. The van der Waals surface area contributed by atoms with Crippen LogP contribution < -0.4 is 0 Å². The van der Waals surface area contributed by atoms with Gasteiger partial charge in [-0.2, -0.15) is 0 Å². The van der Waals surface area contributed by atoms with Crippen LogP contribution in [0.2, 0.25) is 0 Å². The summed E-state index contributed by atoms with van der Waals surface area (Å²) in [5, 5.41) is 29.9. The van der Waals surface area contributed by atoms with Crippen LogP contribution in [0.3, 0.4) is 0 Å². The second-order valence-corrected chi connectivity index (χ2v) is 6.36. The van der Waals surface area contributed by atoms with Crippen molar-refractivity contribution in [1.82, 2.24) is 0 Å². The summed E-state index contributed by atoms with van der Waals surface area (Å²) in [6, 6.07) is 0. The molecule has 0 spiro atoms. The molecule has 0 amide bonds. The van der Waals surface area contributed by atoms with Gasteiger partial charge in [-0.25, -0.2) is 4.79 Å². The number of ether oxygens (including phenoxy) is 1. The summed E-state index contributed by atoms with van der Waals surface area (Å²) >= 11 is 0. The number of fused-ring (bicyclic) bond motifs is 3. The van der Waals surface area contributed by atoms with Crippen LogP contribution in [0, 0.1) is 17.3 Å². The van der Waals surface area contributed by atoms with E-state index < -0.39 is 23.7 Å². The Kier molecular flexibility index (Phi) is 3.04. The molecule has 0 unspecified atom stereocenters. The molecule has 2 fully saturated rings. The number of esters is 1. The van der Waals surface area contributed by atoms with E-state index in [0.29, 0.717) is 24.0 Å². The molecule has 20 heavy (non-hydrogen) atoms. The highest BCUT2D eigenvalue weighted by Crippen LogP contribution is 2.56. The zero-order valence-electron chi connectivity index (χ0n) is 11.5. The van der Waals surface area contributed by atoms with Crippen molar-refractivity contribution in [3.8, 4) is 0 Å². The summed E-state index contributed by atoms with van der Waals surface area (Å²) in [6.45, 7) is 5.47. The van der Waals surface area contributed by atoms with Crippen LogP contribution in [-0.4, -0.2) is 46.2 Å². The van der Waals surface area contributed by atoms with Gasteiger partial charge in [0.25, 0.3) is 0 Å². The van der Waals surface area contributed by atoms with Crippen molar-refractivity contribution >= 4 is 5.97 Å². The Hall–Kier alpha value is -1.17. The molecule has 0 aromatic rings. The first-order chi connectivity index (χ1) is 9.40. The number of aliphatic hydroxyl groups is 3. The van der Waals surface area contributed by atoms with Gasteiger partial charge in [-0.1, -0.05) is 19.6 Å². The third kappa shape index (κ3) is 1.63. The van der Waals surface area contributed by atoms with Crippen LogP contribution in [0.15, 0.2) is 23.8 Å². The third-order valence-corrected chi connectivity index (χ3v) is 5.35. The van der Waals surface area contributed by atoms with E-state index in [2.05, 4.69) is 6.58 Å². The molecule has 0 radical (unpaired) electrons. The molecule has 3 rings (SSSR count). The van der Waals surface area contributed by atoms with Gasteiger partial charge in [-0.3, -0.25) is 0 Å². The van der Waals surface area contributed by atoms with Gasteiger partial charge in [0.15, 0.2) is 0 Å². The van der Waals surface area contributed by atoms with Gasteiger partial charge in [0, 0.05) is 22.8 Å². The standard InChI is InChI=1S/C15H20O5/c1-7-9-3-4-15(2)11(12(9)20-14(7)19)8(6-16)5-10(17)13(15)18/h5,9-13,16-18H,1,3-4,6H2,2H3/t9-,10+,11+,12-,13-,15+/m0/s1. The zero-order chi connectivity index (χ0) is 14.7. The second kappa shape index (κ2) is 4.41. The van der Waals surface area contributed by atoms with Crippen molar-refractivity contribution < 1.29 is 24.9 Å². The average Bonchev–Trinajstić information content (AvgIpc) is 2.70. The highest BCUT2D eigenvalue weighted by molar-refractivity contribution is 5.91. The Morgan fingerprint density at radius 1 is 1.50 bits per heavy atom. The van der Waals surface area contributed by atoms with Gasteiger partial charge in [-0.15, -0.1) is 0 Å². The highest BCUT2D eigenvalue weighted by Gasteiger charge is 2.59. The number of rotatable bonds is 1. The van der Waals surface area contributed by atoms with Gasteiger partial charge < -0.3 is 20.1 Å². The van der Waals surface area contributed by atoms with E-state index in [1.807, 2.05) is 6.92 Å². The van der Waals surface area contributed by atoms with Crippen LogP contribution in [0.5, 0.6) is 0 Å². The molecule has 5 heteroatoms. The van der Waals surface area contributed by atoms with Crippen molar-refractivity contribution in [2.45, 2.75) is 38.1 Å². The monoisotopic (exact) mass is 280 g/mol. The van der Waals surface area contributed by atoms with Crippen molar-refractivity contribution in [3.63, 3.8) is 0 Å². The van der Waals surface area contributed by atoms with Gasteiger partial charge in [0.2, 0.25) is 0 Å².